The second-order valence-corrected chi connectivity index (χ2v) is 11.3. The van der Waals surface area contributed by atoms with Gasteiger partial charge in [-0.25, -0.2) is 18.8 Å². The quantitative estimate of drug-likeness (QED) is 0.125. The highest BCUT2D eigenvalue weighted by molar-refractivity contribution is 5.90. The number of halogens is 1. The van der Waals surface area contributed by atoms with Crippen molar-refractivity contribution in [2.45, 2.75) is 85.7 Å². The fourth-order valence-electron chi connectivity index (χ4n) is 2.69. The van der Waals surface area contributed by atoms with E-state index < -0.39 is 45.9 Å². The summed E-state index contributed by atoms with van der Waals surface area (Å²) in [6.45, 7) is 15.1. The number of hydrogen-bond donors (Lipinski definition) is 0. The average Bonchev–Trinajstić information content (AvgIpc) is 2.75. The largest absolute Gasteiger partial charge is 0.519 e. The number of nitrogens with zero attached hydrogens (tertiary/aromatic N) is 3. The summed E-state index contributed by atoms with van der Waals surface area (Å²) < 4.78 is 32.3. The minimum Gasteiger partial charge on any atom is -0.443 e. The molecule has 0 spiro atoms. The van der Waals surface area contributed by atoms with Crippen LogP contribution in [0.2, 0.25) is 0 Å². The Hall–Kier alpha value is -4.29. The number of hydrogen-bond acceptors (Lipinski definition) is 10. The molecule has 1 aromatic heterocycles. The van der Waals surface area contributed by atoms with Gasteiger partial charge >= 0.3 is 24.1 Å². The van der Waals surface area contributed by atoms with E-state index in [1.165, 1.54) is 36.5 Å². The van der Waals surface area contributed by atoms with Gasteiger partial charge in [0.15, 0.2) is 0 Å². The van der Waals surface area contributed by atoms with Crippen molar-refractivity contribution in [1.29, 1.82) is 0 Å². The lowest BCUT2D eigenvalue weighted by molar-refractivity contribution is -0.384. The van der Waals surface area contributed by atoms with E-state index in [4.69, 9.17) is 14.2 Å². The molecule has 0 radical (unpaired) electrons. The fourth-order valence-corrected chi connectivity index (χ4v) is 2.69. The Morgan fingerprint density at radius 2 is 1.32 bits per heavy atom. The summed E-state index contributed by atoms with van der Waals surface area (Å²) in [5, 5.41) is 11.3. The van der Waals surface area contributed by atoms with E-state index in [1.807, 2.05) is 0 Å². The monoisotopic (exact) mass is 565 g/mol. The number of aromatic nitrogens is 1. The molecule has 0 aliphatic carbocycles. The predicted octanol–water partition coefficient (Wildman–Crippen LogP) is 6.94. The zero-order valence-corrected chi connectivity index (χ0v) is 24.1. The normalized spacial score (nSPS) is 11.3. The number of carbonyl (C=O) groups excluding carboxylic acids is 3. The molecule has 0 N–H and O–H groups in total. The van der Waals surface area contributed by atoms with E-state index in [9.17, 15) is 28.9 Å². The summed E-state index contributed by atoms with van der Waals surface area (Å²) in [7, 11) is 0. The molecule has 0 fully saturated rings. The van der Waals surface area contributed by atoms with Crippen LogP contribution in [0.3, 0.4) is 0 Å². The van der Waals surface area contributed by atoms with Gasteiger partial charge in [0.2, 0.25) is 0 Å². The average molecular weight is 566 g/mol. The Morgan fingerprint density at radius 3 is 1.75 bits per heavy atom. The van der Waals surface area contributed by atoms with E-state index in [0.717, 1.165) is 11.1 Å². The molecule has 13 heteroatoms. The molecule has 0 atom stereocenters. The Bertz CT molecular complexity index is 1160. The highest BCUT2D eigenvalue weighted by Crippen LogP contribution is 2.29. The van der Waals surface area contributed by atoms with Crippen LogP contribution in [-0.4, -0.2) is 45.1 Å². The van der Waals surface area contributed by atoms with Crippen molar-refractivity contribution < 1.29 is 42.6 Å². The number of pyridine rings is 1. The molecule has 0 aliphatic rings. The van der Waals surface area contributed by atoms with E-state index in [0.29, 0.717) is 5.56 Å². The summed E-state index contributed by atoms with van der Waals surface area (Å²) in [4.78, 5) is 50.1. The van der Waals surface area contributed by atoms with Gasteiger partial charge < -0.3 is 18.9 Å². The Labute approximate surface area is 232 Å². The zero-order valence-electron chi connectivity index (χ0n) is 24.1. The molecule has 0 bridgehead atoms. The molecule has 1 heterocycles. The first-order valence-corrected chi connectivity index (χ1v) is 12.1. The van der Waals surface area contributed by atoms with Gasteiger partial charge in [-0.15, -0.1) is 0 Å². The van der Waals surface area contributed by atoms with Gasteiger partial charge in [-0.1, -0.05) is 12.1 Å². The van der Waals surface area contributed by atoms with Crippen molar-refractivity contribution in [2.75, 3.05) is 4.90 Å². The van der Waals surface area contributed by atoms with Crippen LogP contribution in [-0.2, 0) is 25.5 Å². The van der Waals surface area contributed by atoms with E-state index in [2.05, 4.69) is 9.72 Å². The van der Waals surface area contributed by atoms with Crippen molar-refractivity contribution in [3.05, 3.63) is 64.2 Å². The second kappa shape index (κ2) is 13.7. The maximum atomic E-state index is 13.1. The third kappa shape index (κ3) is 13.5. The molecule has 40 heavy (non-hydrogen) atoms. The molecule has 220 valence electrons. The van der Waals surface area contributed by atoms with E-state index in [-0.39, 0.29) is 17.9 Å². The molecule has 1 amide bonds. The summed E-state index contributed by atoms with van der Waals surface area (Å²) in [6.07, 6.45) is -0.443. The highest BCUT2D eigenvalue weighted by atomic mass is 19.1. The van der Waals surface area contributed by atoms with Crippen LogP contribution < -0.4 is 4.90 Å². The first-order valence-electron chi connectivity index (χ1n) is 12.1. The smallest absolute Gasteiger partial charge is 0.443 e. The SMILES string of the molecule is CC(C)(C)OC(=O)N(Cc1ccc(F)cc1)c1ccncc1[N+](=O)[O-].CC(C)(C)OC(=O)OC(=O)OC(C)(C)C. The first kappa shape index (κ1) is 33.7. The lowest BCUT2D eigenvalue weighted by Crippen LogP contribution is -2.36. The molecule has 0 saturated carbocycles. The molecule has 0 aliphatic heterocycles. The van der Waals surface area contributed by atoms with Crippen molar-refractivity contribution in [3.8, 4) is 0 Å². The van der Waals surface area contributed by atoms with Gasteiger partial charge in [0.1, 0.15) is 34.5 Å². The Kier molecular flexibility index (Phi) is 11.5. The van der Waals surface area contributed by atoms with Gasteiger partial charge in [-0.2, -0.15) is 0 Å². The molecular formula is C27H36FN3O9. The van der Waals surface area contributed by atoms with Crippen LogP contribution in [0.15, 0.2) is 42.7 Å². The van der Waals surface area contributed by atoms with E-state index >= 15 is 0 Å². The number of ether oxygens (including phenoxy) is 4. The minimum absolute atomic E-state index is 0.0138. The number of amides is 1. The van der Waals surface area contributed by atoms with Crippen LogP contribution in [0, 0.1) is 15.9 Å². The molecule has 2 aromatic rings. The lowest BCUT2D eigenvalue weighted by Gasteiger charge is -2.27. The van der Waals surface area contributed by atoms with Gasteiger partial charge in [0.05, 0.1) is 11.5 Å². The van der Waals surface area contributed by atoms with Gasteiger partial charge in [-0.05, 0) is 86.1 Å². The van der Waals surface area contributed by atoms with Crippen molar-refractivity contribution in [1.82, 2.24) is 4.98 Å². The lowest BCUT2D eigenvalue weighted by atomic mass is 10.2. The van der Waals surface area contributed by atoms with E-state index in [1.54, 1.807) is 62.3 Å². The van der Waals surface area contributed by atoms with Crippen LogP contribution in [0.1, 0.15) is 67.9 Å². The third-order valence-corrected chi connectivity index (χ3v) is 4.08. The van der Waals surface area contributed by atoms with Crippen LogP contribution in [0.25, 0.3) is 0 Å². The topological polar surface area (TPSA) is 147 Å². The van der Waals surface area contributed by atoms with Crippen molar-refractivity contribution in [3.63, 3.8) is 0 Å². The molecule has 2 rings (SSSR count). The van der Waals surface area contributed by atoms with Gasteiger partial charge in [0.25, 0.3) is 0 Å². The standard InChI is InChI=1S/C17H18FN3O4.C10H18O5/c1-17(2,3)25-16(22)20(11-12-4-6-13(18)7-5-12)14-8-9-19-10-15(14)21(23)24;1-9(2,3)14-7(11)13-8(12)15-10(4,5)6/h4-10H,11H2,1-3H3;1-6H3. The summed E-state index contributed by atoms with van der Waals surface area (Å²) in [6, 6.07) is 6.87. The molecule has 0 saturated heterocycles. The van der Waals surface area contributed by atoms with Crippen molar-refractivity contribution >= 4 is 29.8 Å². The van der Waals surface area contributed by atoms with Crippen LogP contribution >= 0.6 is 0 Å². The number of carbonyl (C=O) groups is 3. The summed E-state index contributed by atoms with van der Waals surface area (Å²) in [5.41, 5.74) is -1.84. The molecule has 12 nitrogen and oxygen atoms in total. The van der Waals surface area contributed by atoms with Crippen molar-refractivity contribution in [2.24, 2.45) is 0 Å². The maximum absolute atomic E-state index is 13.1. The minimum atomic E-state index is -1.06. The molecule has 0 unspecified atom stereocenters. The summed E-state index contributed by atoms with van der Waals surface area (Å²) in [5.74, 6) is -0.414. The fraction of sp³-hybridized carbons (Fsp3) is 0.481. The van der Waals surface area contributed by atoms with Crippen LogP contribution in [0.5, 0.6) is 0 Å². The highest BCUT2D eigenvalue weighted by Gasteiger charge is 2.29. The van der Waals surface area contributed by atoms with Gasteiger partial charge in [-0.3, -0.25) is 20.0 Å². The Balaban J connectivity index is 0.000000459. The van der Waals surface area contributed by atoms with Crippen LogP contribution in [0.4, 0.5) is 30.1 Å². The molecular weight excluding hydrogens is 529 g/mol. The first-order chi connectivity index (χ1) is 18.2. The Morgan fingerprint density at radius 1 is 0.850 bits per heavy atom. The predicted molar refractivity (Wildman–Crippen MR) is 143 cm³/mol. The second-order valence-electron chi connectivity index (χ2n) is 11.3. The number of rotatable bonds is 4. The van der Waals surface area contributed by atoms with Gasteiger partial charge in [0, 0.05) is 6.20 Å². The number of benzene rings is 1. The molecule has 1 aromatic carbocycles. The number of anilines is 1. The summed E-state index contributed by atoms with van der Waals surface area (Å²) >= 11 is 0. The third-order valence-electron chi connectivity index (χ3n) is 4.08. The maximum Gasteiger partial charge on any atom is 0.519 e. The number of nitro groups is 1. The zero-order chi connectivity index (χ0) is 30.9.